The third-order valence-electron chi connectivity index (χ3n) is 4.63. The maximum Gasteiger partial charge on any atom is 0.252 e. The van der Waals surface area contributed by atoms with Crippen molar-refractivity contribution in [3.8, 4) is 0 Å². The smallest absolute Gasteiger partial charge is 0.252 e. The number of aromatic nitrogens is 5. The molecule has 1 aliphatic carbocycles. The summed E-state index contributed by atoms with van der Waals surface area (Å²) in [5, 5.41) is 12.3. The molecule has 7 nitrogen and oxygen atoms in total. The zero-order valence-corrected chi connectivity index (χ0v) is 14.5. The van der Waals surface area contributed by atoms with Gasteiger partial charge in [-0.2, -0.15) is 10.2 Å². The minimum absolute atomic E-state index is 0.0605. The maximum absolute atomic E-state index is 12.8. The van der Waals surface area contributed by atoms with Crippen molar-refractivity contribution in [1.82, 2.24) is 29.9 Å². The van der Waals surface area contributed by atoms with Crippen LogP contribution < -0.4 is 5.32 Å². The summed E-state index contributed by atoms with van der Waals surface area (Å²) < 4.78 is 3.62. The Balaban J connectivity index is 1.51. The van der Waals surface area contributed by atoms with Gasteiger partial charge >= 0.3 is 0 Å². The van der Waals surface area contributed by atoms with Gasteiger partial charge in [-0.25, -0.2) is 4.98 Å². The van der Waals surface area contributed by atoms with Gasteiger partial charge in [0.2, 0.25) is 0 Å². The minimum atomic E-state index is -0.0605. The first-order chi connectivity index (χ1) is 12.1. The van der Waals surface area contributed by atoms with Gasteiger partial charge in [0.25, 0.3) is 5.91 Å². The molecule has 1 fully saturated rings. The molecular formula is C18H22N6O. The van der Waals surface area contributed by atoms with Crippen LogP contribution in [0.4, 0.5) is 0 Å². The second kappa shape index (κ2) is 6.31. The molecule has 4 rings (SSSR count). The van der Waals surface area contributed by atoms with E-state index in [2.05, 4.69) is 22.4 Å². The molecule has 0 saturated heterocycles. The molecule has 1 N–H and O–H groups in total. The van der Waals surface area contributed by atoms with E-state index < -0.39 is 0 Å². The summed E-state index contributed by atoms with van der Waals surface area (Å²) in [4.78, 5) is 17.5. The lowest BCUT2D eigenvalue weighted by Crippen LogP contribution is -2.30. The first kappa shape index (κ1) is 15.8. The quantitative estimate of drug-likeness (QED) is 0.747. The van der Waals surface area contributed by atoms with Gasteiger partial charge in [0, 0.05) is 44.1 Å². The van der Waals surface area contributed by atoms with E-state index in [0.29, 0.717) is 18.0 Å². The molecule has 0 unspecified atom stereocenters. The van der Waals surface area contributed by atoms with Crippen molar-refractivity contribution in [3.63, 3.8) is 0 Å². The van der Waals surface area contributed by atoms with Gasteiger partial charge in [0.1, 0.15) is 0 Å². The molecule has 3 heterocycles. The van der Waals surface area contributed by atoms with Crippen LogP contribution in [-0.4, -0.2) is 37.0 Å². The monoisotopic (exact) mass is 338 g/mol. The number of fused-ring (bicyclic) bond motifs is 1. The lowest BCUT2D eigenvalue weighted by Gasteiger charge is -2.13. The van der Waals surface area contributed by atoms with Gasteiger partial charge < -0.3 is 5.32 Å². The van der Waals surface area contributed by atoms with Crippen LogP contribution in [0.15, 0.2) is 30.7 Å². The van der Waals surface area contributed by atoms with Crippen molar-refractivity contribution in [2.75, 3.05) is 6.54 Å². The van der Waals surface area contributed by atoms with Gasteiger partial charge in [0.05, 0.1) is 17.1 Å². The van der Waals surface area contributed by atoms with Crippen LogP contribution in [0, 0.1) is 5.92 Å². The van der Waals surface area contributed by atoms with E-state index in [9.17, 15) is 4.79 Å². The van der Waals surface area contributed by atoms with Crippen molar-refractivity contribution in [2.45, 2.75) is 32.2 Å². The van der Waals surface area contributed by atoms with Crippen LogP contribution >= 0.6 is 0 Å². The van der Waals surface area contributed by atoms with E-state index in [1.165, 1.54) is 0 Å². The summed E-state index contributed by atoms with van der Waals surface area (Å²) >= 11 is 0. The molecule has 130 valence electrons. The van der Waals surface area contributed by atoms with Gasteiger partial charge in [0.15, 0.2) is 5.65 Å². The molecule has 3 aromatic rings. The summed E-state index contributed by atoms with van der Waals surface area (Å²) in [6.45, 7) is 3.48. The van der Waals surface area contributed by atoms with Crippen LogP contribution in [0.3, 0.4) is 0 Å². The normalized spacial score (nSPS) is 15.4. The average Bonchev–Trinajstić information content (AvgIpc) is 3.22. The molecule has 0 bridgehead atoms. The SMILES string of the molecule is C[C@H](CNC(=O)c1cc(C2CC2)nc2c1cnn2C)Cn1cccn1. The number of aryl methyl sites for hydroxylation is 1. The van der Waals surface area contributed by atoms with Crippen LogP contribution in [0.2, 0.25) is 0 Å². The second-order valence-corrected chi connectivity index (χ2v) is 6.92. The highest BCUT2D eigenvalue weighted by molar-refractivity contribution is 6.05. The highest BCUT2D eigenvalue weighted by atomic mass is 16.1. The topological polar surface area (TPSA) is 77.6 Å². The van der Waals surface area contributed by atoms with Crippen LogP contribution in [-0.2, 0) is 13.6 Å². The first-order valence-corrected chi connectivity index (χ1v) is 8.70. The molecule has 25 heavy (non-hydrogen) atoms. The Hall–Kier alpha value is -2.70. The fraction of sp³-hybridized carbons (Fsp3) is 0.444. The van der Waals surface area contributed by atoms with Gasteiger partial charge in [-0.3, -0.25) is 14.2 Å². The predicted molar refractivity (Wildman–Crippen MR) is 94.2 cm³/mol. The first-order valence-electron chi connectivity index (χ1n) is 8.70. The number of nitrogens with one attached hydrogen (secondary N) is 1. The van der Waals surface area contributed by atoms with Crippen molar-refractivity contribution in [2.24, 2.45) is 13.0 Å². The molecule has 1 aliphatic rings. The lowest BCUT2D eigenvalue weighted by atomic mass is 10.1. The largest absolute Gasteiger partial charge is 0.352 e. The van der Waals surface area contributed by atoms with Crippen LogP contribution in [0.1, 0.15) is 41.7 Å². The molecule has 1 amide bonds. The van der Waals surface area contributed by atoms with Gasteiger partial charge in [-0.15, -0.1) is 0 Å². The Labute approximate surface area is 146 Å². The van der Waals surface area contributed by atoms with Crippen LogP contribution in [0.5, 0.6) is 0 Å². The number of carbonyl (C=O) groups is 1. The number of nitrogens with zero attached hydrogens (tertiary/aromatic N) is 5. The van der Waals surface area contributed by atoms with Crippen molar-refractivity contribution >= 4 is 16.9 Å². The summed E-state index contributed by atoms with van der Waals surface area (Å²) in [6, 6.07) is 3.84. The van der Waals surface area contributed by atoms with Crippen molar-refractivity contribution in [3.05, 3.63) is 42.0 Å². The van der Waals surface area contributed by atoms with E-state index in [-0.39, 0.29) is 11.8 Å². The number of pyridine rings is 1. The van der Waals surface area contributed by atoms with E-state index in [4.69, 9.17) is 4.98 Å². The Bertz CT molecular complexity index is 894. The second-order valence-electron chi connectivity index (χ2n) is 6.92. The Morgan fingerprint density at radius 2 is 2.24 bits per heavy atom. The standard InChI is InChI=1S/C18H22N6O/c1-12(11-24-7-3-6-20-24)9-19-18(25)14-8-16(13-4-5-13)22-17-15(14)10-21-23(17)2/h3,6-8,10,12-13H,4-5,9,11H2,1-2H3,(H,19,25)/t12-/m1/s1. The average molecular weight is 338 g/mol. The summed E-state index contributed by atoms with van der Waals surface area (Å²) in [6.07, 6.45) is 7.72. The summed E-state index contributed by atoms with van der Waals surface area (Å²) in [7, 11) is 1.86. The Morgan fingerprint density at radius 3 is 2.96 bits per heavy atom. The predicted octanol–water partition coefficient (Wildman–Crippen LogP) is 2.11. The zero-order chi connectivity index (χ0) is 17.4. The highest BCUT2D eigenvalue weighted by Gasteiger charge is 2.27. The van der Waals surface area contributed by atoms with Crippen molar-refractivity contribution < 1.29 is 4.79 Å². The zero-order valence-electron chi connectivity index (χ0n) is 14.5. The van der Waals surface area contributed by atoms with E-state index in [1.54, 1.807) is 17.1 Å². The molecular weight excluding hydrogens is 316 g/mol. The highest BCUT2D eigenvalue weighted by Crippen LogP contribution is 2.40. The summed E-state index contributed by atoms with van der Waals surface area (Å²) in [5.41, 5.74) is 2.45. The van der Waals surface area contributed by atoms with Crippen LogP contribution in [0.25, 0.3) is 11.0 Å². The number of rotatable bonds is 6. The van der Waals surface area contributed by atoms with Gasteiger partial charge in [-0.05, 0) is 30.9 Å². The van der Waals surface area contributed by atoms with E-state index in [1.807, 2.05) is 30.1 Å². The maximum atomic E-state index is 12.8. The Morgan fingerprint density at radius 1 is 1.40 bits per heavy atom. The molecule has 0 aliphatic heterocycles. The lowest BCUT2D eigenvalue weighted by molar-refractivity contribution is 0.0948. The number of carbonyl (C=O) groups excluding carboxylic acids is 1. The third kappa shape index (κ3) is 3.26. The molecule has 3 aromatic heterocycles. The minimum Gasteiger partial charge on any atom is -0.352 e. The Kier molecular flexibility index (Phi) is 3.99. The number of hydrogen-bond donors (Lipinski definition) is 1. The molecule has 0 aromatic carbocycles. The van der Waals surface area contributed by atoms with E-state index in [0.717, 1.165) is 36.1 Å². The molecule has 0 spiro atoms. The van der Waals surface area contributed by atoms with E-state index >= 15 is 0 Å². The molecule has 0 radical (unpaired) electrons. The van der Waals surface area contributed by atoms with Crippen molar-refractivity contribution in [1.29, 1.82) is 0 Å². The number of hydrogen-bond acceptors (Lipinski definition) is 4. The summed E-state index contributed by atoms with van der Waals surface area (Å²) in [5.74, 6) is 0.720. The molecule has 1 saturated carbocycles. The molecule has 7 heteroatoms. The van der Waals surface area contributed by atoms with Gasteiger partial charge in [-0.1, -0.05) is 6.92 Å². The molecule has 1 atom stereocenters. The fourth-order valence-electron chi connectivity index (χ4n) is 3.06. The third-order valence-corrected chi connectivity index (χ3v) is 4.63. The fourth-order valence-corrected chi connectivity index (χ4v) is 3.06. The number of amides is 1.